The summed E-state index contributed by atoms with van der Waals surface area (Å²) < 4.78 is 0. The van der Waals surface area contributed by atoms with Gasteiger partial charge in [-0.2, -0.15) is 0 Å². The minimum Gasteiger partial charge on any atom is -0.481 e. The van der Waals surface area contributed by atoms with Crippen LogP contribution < -0.4 is 17.2 Å². The Morgan fingerprint density at radius 1 is 0.810 bits per heavy atom. The van der Waals surface area contributed by atoms with Crippen LogP contribution in [0.15, 0.2) is 0 Å². The molecule has 0 aliphatic carbocycles. The fourth-order valence-electron chi connectivity index (χ4n) is 0.354. The van der Waals surface area contributed by atoms with Crippen LogP contribution in [0.1, 0.15) is 6.42 Å². The third-order valence-electron chi connectivity index (χ3n) is 1.40. The number of rotatable bonds is 6. The molecular formula is C9H19N3O9. The van der Waals surface area contributed by atoms with Crippen LogP contribution in [0.4, 0.5) is 0 Å². The van der Waals surface area contributed by atoms with Gasteiger partial charge in [0.1, 0.15) is 12.1 Å². The molecule has 0 aromatic heterocycles. The molecule has 0 aliphatic rings. The van der Waals surface area contributed by atoms with Crippen LogP contribution in [0.5, 0.6) is 0 Å². The highest BCUT2D eigenvalue weighted by Crippen LogP contribution is 1.86. The first-order valence-electron chi connectivity index (χ1n) is 5.20. The van der Waals surface area contributed by atoms with E-state index >= 15 is 0 Å². The Balaban J connectivity index is -0.000000242. The summed E-state index contributed by atoms with van der Waals surface area (Å²) in [6.07, 6.45) is -0.532. The highest BCUT2D eigenvalue weighted by atomic mass is 16.4. The lowest BCUT2D eigenvalue weighted by molar-refractivity contribution is -0.144. The predicted molar refractivity (Wildman–Crippen MR) is 67.3 cm³/mol. The number of hydrogen-bond donors (Lipinski definition) is 8. The van der Waals surface area contributed by atoms with Crippen LogP contribution in [-0.2, 0) is 19.2 Å². The number of carbonyl (C=O) groups is 4. The monoisotopic (exact) mass is 313 g/mol. The van der Waals surface area contributed by atoms with Crippen molar-refractivity contribution in [3.63, 3.8) is 0 Å². The fraction of sp³-hybridized carbons (Fsp3) is 0.556. The molecule has 0 bridgehead atoms. The van der Waals surface area contributed by atoms with Crippen molar-refractivity contribution in [2.75, 3.05) is 13.2 Å². The third-order valence-corrected chi connectivity index (χ3v) is 1.40. The first-order valence-corrected chi connectivity index (χ1v) is 5.20. The number of hydrogen-bond acceptors (Lipinski definition) is 8. The van der Waals surface area contributed by atoms with Gasteiger partial charge in [0.2, 0.25) is 0 Å². The lowest BCUT2D eigenvalue weighted by Crippen LogP contribution is -2.33. The molecule has 0 fully saturated rings. The molecular weight excluding hydrogens is 294 g/mol. The molecule has 0 radical (unpaired) electrons. The zero-order valence-electron chi connectivity index (χ0n) is 10.9. The van der Waals surface area contributed by atoms with E-state index in [1.165, 1.54) is 0 Å². The van der Waals surface area contributed by atoms with Crippen molar-refractivity contribution in [3.8, 4) is 0 Å². The van der Waals surface area contributed by atoms with E-state index in [0.29, 0.717) is 0 Å². The summed E-state index contributed by atoms with van der Waals surface area (Å²) in [5, 5.41) is 39.5. The number of nitrogens with two attached hydrogens (primary N) is 3. The Bertz CT molecular complexity index is 347. The third kappa shape index (κ3) is 23.3. The van der Waals surface area contributed by atoms with Crippen molar-refractivity contribution >= 4 is 23.9 Å². The maximum absolute atomic E-state index is 9.85. The van der Waals surface area contributed by atoms with E-state index < -0.39 is 49.0 Å². The highest BCUT2D eigenvalue weighted by molar-refractivity contribution is 5.80. The molecule has 0 amide bonds. The van der Waals surface area contributed by atoms with E-state index in [1.807, 2.05) is 0 Å². The van der Waals surface area contributed by atoms with Gasteiger partial charge in [-0.15, -0.1) is 0 Å². The topological polar surface area (TPSA) is 247 Å². The molecule has 0 saturated heterocycles. The van der Waals surface area contributed by atoms with Crippen LogP contribution in [-0.4, -0.2) is 74.6 Å². The van der Waals surface area contributed by atoms with Gasteiger partial charge < -0.3 is 42.7 Å². The average molecular weight is 313 g/mol. The summed E-state index contributed by atoms with van der Waals surface area (Å²) in [5.74, 6) is -4.64. The van der Waals surface area contributed by atoms with Crippen molar-refractivity contribution in [3.05, 3.63) is 0 Å². The minimum absolute atomic E-state index is 0.278. The lowest BCUT2D eigenvalue weighted by Gasteiger charge is -1.99. The Morgan fingerprint density at radius 2 is 1.14 bits per heavy atom. The zero-order chi connectivity index (χ0) is 17.6. The number of carboxylic acid groups (broad SMARTS) is 4. The first-order chi connectivity index (χ1) is 9.49. The van der Waals surface area contributed by atoms with Crippen LogP contribution >= 0.6 is 0 Å². The van der Waals surface area contributed by atoms with Gasteiger partial charge in [0, 0.05) is 0 Å². The summed E-state index contributed by atoms with van der Waals surface area (Å²) in [4.78, 5) is 38.5. The number of aliphatic hydroxyl groups excluding tert-OH is 1. The van der Waals surface area contributed by atoms with Gasteiger partial charge in [-0.05, 0) is 0 Å². The summed E-state index contributed by atoms with van der Waals surface area (Å²) >= 11 is 0. The lowest BCUT2D eigenvalue weighted by atomic mass is 10.2. The quantitative estimate of drug-likeness (QED) is 0.236. The molecule has 12 nitrogen and oxygen atoms in total. The van der Waals surface area contributed by atoms with E-state index in [2.05, 4.69) is 5.73 Å². The molecule has 0 heterocycles. The largest absolute Gasteiger partial charge is 0.481 e. The standard InChI is InChI=1S/C4H7NO4.C3H7NO3.C2H5NO2/c5-2(4(8)9)1-3(6)7;4-2(1-5)3(6)7;3-1-2(4)5/h2H,1,5H2,(H,6,7)(H,8,9);2,5H,1,4H2,(H,6,7);1,3H2,(H,4,5). The van der Waals surface area contributed by atoms with E-state index in [0.717, 1.165) is 0 Å². The minimum atomic E-state index is -1.29. The second-order valence-electron chi connectivity index (χ2n) is 3.27. The summed E-state index contributed by atoms with van der Waals surface area (Å²) in [7, 11) is 0. The Morgan fingerprint density at radius 3 is 1.19 bits per heavy atom. The molecule has 0 aromatic carbocycles. The van der Waals surface area contributed by atoms with E-state index in [4.69, 9.17) is 37.0 Å². The zero-order valence-corrected chi connectivity index (χ0v) is 10.9. The maximum Gasteiger partial charge on any atom is 0.322 e. The molecule has 0 aliphatic heterocycles. The fourth-order valence-corrected chi connectivity index (χ4v) is 0.354. The number of aliphatic carboxylic acids is 4. The smallest absolute Gasteiger partial charge is 0.322 e. The van der Waals surface area contributed by atoms with Gasteiger partial charge in [0.15, 0.2) is 0 Å². The Kier molecular flexibility index (Phi) is 16.0. The van der Waals surface area contributed by atoms with Gasteiger partial charge in [0.25, 0.3) is 0 Å². The van der Waals surface area contributed by atoms with Gasteiger partial charge in [-0.3, -0.25) is 19.2 Å². The summed E-state index contributed by atoms with van der Waals surface area (Å²) in [5.41, 5.74) is 14.2. The van der Waals surface area contributed by atoms with Gasteiger partial charge in [-0.1, -0.05) is 0 Å². The maximum atomic E-state index is 9.85. The van der Waals surface area contributed by atoms with Crippen molar-refractivity contribution in [1.29, 1.82) is 0 Å². The normalized spacial score (nSPS) is 11.6. The van der Waals surface area contributed by atoms with Gasteiger partial charge in [-0.25, -0.2) is 0 Å². The molecule has 0 spiro atoms. The predicted octanol–water partition coefficient (Wildman–Crippen LogP) is -3.71. The molecule has 11 N–H and O–H groups in total. The van der Waals surface area contributed by atoms with Crippen LogP contribution in [0.25, 0.3) is 0 Å². The van der Waals surface area contributed by atoms with E-state index in [1.54, 1.807) is 0 Å². The van der Waals surface area contributed by atoms with Crippen molar-refractivity contribution in [2.45, 2.75) is 18.5 Å². The van der Waals surface area contributed by atoms with E-state index in [9.17, 15) is 19.2 Å². The van der Waals surface area contributed by atoms with Gasteiger partial charge in [0.05, 0.1) is 19.6 Å². The Hall–Kier alpha value is -2.28. The molecule has 2 unspecified atom stereocenters. The molecule has 21 heavy (non-hydrogen) atoms. The Labute approximate surface area is 118 Å². The van der Waals surface area contributed by atoms with E-state index in [-0.39, 0.29) is 6.54 Å². The average Bonchev–Trinajstić information content (AvgIpc) is 2.38. The highest BCUT2D eigenvalue weighted by Gasteiger charge is 2.14. The number of carboxylic acids is 4. The summed E-state index contributed by atoms with van der Waals surface area (Å²) in [6.45, 7) is -0.782. The molecule has 12 heteroatoms. The van der Waals surface area contributed by atoms with Crippen LogP contribution in [0.2, 0.25) is 0 Å². The first kappa shape index (κ1) is 23.8. The molecule has 0 saturated carbocycles. The molecule has 124 valence electrons. The van der Waals surface area contributed by atoms with Gasteiger partial charge >= 0.3 is 23.9 Å². The van der Waals surface area contributed by atoms with Crippen molar-refractivity contribution < 1.29 is 44.7 Å². The van der Waals surface area contributed by atoms with Crippen molar-refractivity contribution in [2.24, 2.45) is 17.2 Å². The second-order valence-corrected chi connectivity index (χ2v) is 3.27. The SMILES string of the molecule is NC(CC(=O)O)C(=O)O.NC(CO)C(=O)O.NCC(=O)O. The van der Waals surface area contributed by atoms with Crippen molar-refractivity contribution in [1.82, 2.24) is 0 Å². The second kappa shape index (κ2) is 14.1. The number of aliphatic hydroxyl groups is 1. The van der Waals surface area contributed by atoms with Crippen LogP contribution in [0.3, 0.4) is 0 Å². The summed E-state index contributed by atoms with van der Waals surface area (Å²) in [6, 6.07) is -2.41. The molecule has 0 rings (SSSR count). The van der Waals surface area contributed by atoms with Crippen LogP contribution in [0, 0.1) is 0 Å². The molecule has 2 atom stereocenters. The molecule has 0 aromatic rings.